The van der Waals surface area contributed by atoms with Gasteiger partial charge in [0.05, 0.1) is 6.61 Å². The van der Waals surface area contributed by atoms with Crippen molar-refractivity contribution in [1.29, 1.82) is 0 Å². The lowest BCUT2D eigenvalue weighted by atomic mass is 10.0. The van der Waals surface area contributed by atoms with E-state index in [1.165, 1.54) is 51.7 Å². The minimum absolute atomic E-state index is 0.636. The molecule has 17 heavy (non-hydrogen) atoms. The Balaban J connectivity index is 2.27. The predicted molar refractivity (Wildman–Crippen MR) is 73.5 cm³/mol. The third-order valence-electron chi connectivity index (χ3n) is 3.71. The average molecular weight is 242 g/mol. The molecule has 0 radical (unpaired) electrons. The Kier molecular flexibility index (Phi) is 7.82. The molecule has 0 spiro atoms. The van der Waals surface area contributed by atoms with Gasteiger partial charge in [-0.3, -0.25) is 4.90 Å². The minimum atomic E-state index is 0.636. The van der Waals surface area contributed by atoms with Gasteiger partial charge in [-0.2, -0.15) is 0 Å². The Bertz CT molecular complexity index is 173. The zero-order valence-corrected chi connectivity index (χ0v) is 11.9. The highest BCUT2D eigenvalue weighted by Crippen LogP contribution is 2.16. The van der Waals surface area contributed by atoms with Crippen LogP contribution in [-0.2, 0) is 4.74 Å². The Labute approximate surface area is 107 Å². The first-order valence-electron chi connectivity index (χ1n) is 7.28. The van der Waals surface area contributed by atoms with Gasteiger partial charge in [0.15, 0.2) is 0 Å². The summed E-state index contributed by atoms with van der Waals surface area (Å²) < 4.78 is 5.34. The Morgan fingerprint density at radius 1 is 1.24 bits per heavy atom. The van der Waals surface area contributed by atoms with Gasteiger partial charge in [-0.1, -0.05) is 20.3 Å². The molecule has 1 N–H and O–H groups in total. The zero-order valence-electron chi connectivity index (χ0n) is 11.9. The molecule has 1 atom stereocenters. The quantitative estimate of drug-likeness (QED) is 0.706. The molecule has 1 heterocycles. The molecule has 0 aromatic heterocycles. The topological polar surface area (TPSA) is 24.5 Å². The van der Waals surface area contributed by atoms with E-state index < -0.39 is 0 Å². The number of ether oxygens (including phenoxy) is 1. The van der Waals surface area contributed by atoms with E-state index in [0.29, 0.717) is 6.04 Å². The average Bonchev–Trinajstić information content (AvgIpc) is 2.37. The van der Waals surface area contributed by atoms with Crippen molar-refractivity contribution in [1.82, 2.24) is 10.2 Å². The van der Waals surface area contributed by atoms with E-state index in [2.05, 4.69) is 24.1 Å². The van der Waals surface area contributed by atoms with Crippen LogP contribution in [0.2, 0.25) is 0 Å². The smallest absolute Gasteiger partial charge is 0.0618 e. The maximum Gasteiger partial charge on any atom is 0.0618 e. The standard InChI is InChI=1S/C14H30N2O/c1-4-6-14(12-17-3)16-10-7-13(8-11-16)15-9-5-2/h13-15H,4-12H2,1-3H3. The van der Waals surface area contributed by atoms with Gasteiger partial charge in [0, 0.05) is 32.3 Å². The van der Waals surface area contributed by atoms with Gasteiger partial charge in [0.2, 0.25) is 0 Å². The molecule has 0 saturated carbocycles. The SMILES string of the molecule is CCCNC1CCN(C(CCC)COC)CC1. The van der Waals surface area contributed by atoms with Crippen LogP contribution in [-0.4, -0.2) is 50.3 Å². The molecule has 1 aliphatic heterocycles. The summed E-state index contributed by atoms with van der Waals surface area (Å²) in [7, 11) is 1.82. The van der Waals surface area contributed by atoms with Gasteiger partial charge in [-0.15, -0.1) is 0 Å². The monoisotopic (exact) mass is 242 g/mol. The fourth-order valence-corrected chi connectivity index (χ4v) is 2.71. The number of nitrogens with one attached hydrogen (secondary N) is 1. The maximum atomic E-state index is 5.34. The van der Waals surface area contributed by atoms with Gasteiger partial charge < -0.3 is 10.1 Å². The van der Waals surface area contributed by atoms with E-state index >= 15 is 0 Å². The number of rotatable bonds is 8. The molecule has 0 aliphatic carbocycles. The van der Waals surface area contributed by atoms with Crippen molar-refractivity contribution in [3.05, 3.63) is 0 Å². The molecule has 1 aliphatic rings. The van der Waals surface area contributed by atoms with Crippen molar-refractivity contribution < 1.29 is 4.74 Å². The van der Waals surface area contributed by atoms with Crippen LogP contribution in [0.25, 0.3) is 0 Å². The lowest BCUT2D eigenvalue weighted by Gasteiger charge is -2.37. The third kappa shape index (κ3) is 5.36. The molecule has 0 bridgehead atoms. The number of methoxy groups -OCH3 is 1. The third-order valence-corrected chi connectivity index (χ3v) is 3.71. The van der Waals surface area contributed by atoms with E-state index in [-0.39, 0.29) is 0 Å². The summed E-state index contributed by atoms with van der Waals surface area (Å²) in [5, 5.41) is 3.64. The number of hydrogen-bond donors (Lipinski definition) is 1. The molecule has 0 aromatic carbocycles. The molecule has 0 amide bonds. The largest absolute Gasteiger partial charge is 0.383 e. The lowest BCUT2D eigenvalue weighted by molar-refractivity contribution is 0.0649. The maximum absolute atomic E-state index is 5.34. The summed E-state index contributed by atoms with van der Waals surface area (Å²) in [6.45, 7) is 9.02. The summed E-state index contributed by atoms with van der Waals surface area (Å²) in [5.74, 6) is 0. The van der Waals surface area contributed by atoms with Gasteiger partial charge in [0.1, 0.15) is 0 Å². The number of likely N-dealkylation sites (tertiary alicyclic amines) is 1. The summed E-state index contributed by atoms with van der Waals surface area (Å²) >= 11 is 0. The van der Waals surface area contributed by atoms with E-state index in [1.54, 1.807) is 0 Å². The molecule has 1 rings (SSSR count). The highest BCUT2D eigenvalue weighted by molar-refractivity contribution is 4.81. The van der Waals surface area contributed by atoms with Crippen LogP contribution in [0.3, 0.4) is 0 Å². The van der Waals surface area contributed by atoms with Crippen LogP contribution in [0, 0.1) is 0 Å². The van der Waals surface area contributed by atoms with Crippen LogP contribution >= 0.6 is 0 Å². The van der Waals surface area contributed by atoms with Gasteiger partial charge >= 0.3 is 0 Å². The molecule has 1 fully saturated rings. The highest BCUT2D eigenvalue weighted by Gasteiger charge is 2.23. The fraction of sp³-hybridized carbons (Fsp3) is 1.00. The van der Waals surface area contributed by atoms with Crippen LogP contribution in [0.15, 0.2) is 0 Å². The first kappa shape index (κ1) is 14.9. The minimum Gasteiger partial charge on any atom is -0.383 e. The molecule has 1 saturated heterocycles. The van der Waals surface area contributed by atoms with E-state index in [1.807, 2.05) is 7.11 Å². The number of hydrogen-bond acceptors (Lipinski definition) is 3. The summed E-state index contributed by atoms with van der Waals surface area (Å²) in [6, 6.07) is 1.38. The van der Waals surface area contributed by atoms with Crippen LogP contribution in [0.4, 0.5) is 0 Å². The summed E-state index contributed by atoms with van der Waals surface area (Å²) in [5.41, 5.74) is 0. The highest BCUT2D eigenvalue weighted by atomic mass is 16.5. The van der Waals surface area contributed by atoms with Crippen LogP contribution in [0.1, 0.15) is 46.0 Å². The van der Waals surface area contributed by atoms with Gasteiger partial charge in [-0.25, -0.2) is 0 Å². The van der Waals surface area contributed by atoms with Crippen molar-refractivity contribution in [2.75, 3.05) is 33.4 Å². The Morgan fingerprint density at radius 3 is 2.47 bits per heavy atom. The molecule has 1 unspecified atom stereocenters. The molecule has 3 heteroatoms. The molecular formula is C14H30N2O. The Morgan fingerprint density at radius 2 is 1.94 bits per heavy atom. The van der Waals surface area contributed by atoms with Gasteiger partial charge in [0.25, 0.3) is 0 Å². The van der Waals surface area contributed by atoms with Crippen molar-refractivity contribution in [2.45, 2.75) is 58.0 Å². The van der Waals surface area contributed by atoms with Crippen molar-refractivity contribution in [2.24, 2.45) is 0 Å². The van der Waals surface area contributed by atoms with Crippen molar-refractivity contribution in [3.63, 3.8) is 0 Å². The molecular weight excluding hydrogens is 212 g/mol. The van der Waals surface area contributed by atoms with Crippen molar-refractivity contribution in [3.8, 4) is 0 Å². The predicted octanol–water partition coefficient (Wildman–Crippen LogP) is 2.27. The molecule has 3 nitrogen and oxygen atoms in total. The Hall–Kier alpha value is -0.120. The summed E-state index contributed by atoms with van der Waals surface area (Å²) in [6.07, 6.45) is 6.35. The van der Waals surface area contributed by atoms with E-state index in [0.717, 1.165) is 12.6 Å². The molecule has 102 valence electrons. The van der Waals surface area contributed by atoms with Crippen LogP contribution in [0.5, 0.6) is 0 Å². The lowest BCUT2D eigenvalue weighted by Crippen LogP contribution is -2.48. The van der Waals surface area contributed by atoms with Crippen molar-refractivity contribution >= 4 is 0 Å². The van der Waals surface area contributed by atoms with E-state index in [9.17, 15) is 0 Å². The second kappa shape index (κ2) is 8.90. The number of nitrogens with zero attached hydrogens (tertiary/aromatic N) is 1. The zero-order chi connectivity index (χ0) is 12.5. The van der Waals surface area contributed by atoms with Gasteiger partial charge in [-0.05, 0) is 32.2 Å². The fourth-order valence-electron chi connectivity index (χ4n) is 2.71. The second-order valence-corrected chi connectivity index (χ2v) is 5.16. The number of piperidine rings is 1. The van der Waals surface area contributed by atoms with E-state index in [4.69, 9.17) is 4.74 Å². The summed E-state index contributed by atoms with van der Waals surface area (Å²) in [4.78, 5) is 2.62. The first-order chi connectivity index (χ1) is 8.31. The van der Waals surface area contributed by atoms with Crippen LogP contribution < -0.4 is 5.32 Å². The normalized spacial score (nSPS) is 20.6. The second-order valence-electron chi connectivity index (χ2n) is 5.16. The first-order valence-corrected chi connectivity index (χ1v) is 7.28. The molecule has 0 aromatic rings.